The molecule has 2 aliphatic rings. The predicted octanol–water partition coefficient (Wildman–Crippen LogP) is 3.34. The highest BCUT2D eigenvalue weighted by molar-refractivity contribution is 5.74. The molecule has 0 aromatic carbocycles. The van der Waals surface area contributed by atoms with E-state index < -0.39 is 0 Å². The van der Waals surface area contributed by atoms with Crippen molar-refractivity contribution in [2.24, 2.45) is 5.41 Å². The third kappa shape index (κ3) is 3.55. The summed E-state index contributed by atoms with van der Waals surface area (Å²) in [6.45, 7) is 2.42. The highest BCUT2D eigenvalue weighted by Gasteiger charge is 2.36. The second-order valence-corrected chi connectivity index (χ2v) is 6.56. The summed E-state index contributed by atoms with van der Waals surface area (Å²) < 4.78 is 0. The maximum atomic E-state index is 12.2. The number of piperidine rings is 1. The van der Waals surface area contributed by atoms with Crippen LogP contribution in [0.3, 0.4) is 0 Å². The van der Waals surface area contributed by atoms with Gasteiger partial charge in [0.15, 0.2) is 0 Å². The van der Waals surface area contributed by atoms with Crippen molar-refractivity contribution in [2.75, 3.05) is 13.1 Å². The predicted molar refractivity (Wildman–Crippen MR) is 82.8 cm³/mol. The Morgan fingerprint density at radius 3 is 2.43 bits per heavy atom. The van der Waals surface area contributed by atoms with Crippen LogP contribution in [0.25, 0.3) is 0 Å². The fraction of sp³-hybridized carbons (Fsp3) is 0.647. The van der Waals surface area contributed by atoms with E-state index in [9.17, 15) is 4.79 Å². The number of nitrogens with zero attached hydrogens (tertiary/aromatic N) is 2. The number of nitrogens with one attached hydrogen (secondary N) is 1. The standard InChI is InChI=1S/C17H25N3O/c21-16(19-14-15-4-10-18-11-5-15)20-12-8-17(9-13-20)6-2-1-3-7-17/h4-5,10-11H,1-3,6-9,12-14H2,(H,19,21). The van der Waals surface area contributed by atoms with Gasteiger partial charge < -0.3 is 10.2 Å². The molecule has 0 unspecified atom stereocenters. The maximum Gasteiger partial charge on any atom is 0.317 e. The van der Waals surface area contributed by atoms with E-state index in [-0.39, 0.29) is 6.03 Å². The molecule has 1 N–H and O–H groups in total. The van der Waals surface area contributed by atoms with Crippen LogP contribution in [-0.4, -0.2) is 29.0 Å². The number of pyridine rings is 1. The van der Waals surface area contributed by atoms with Gasteiger partial charge in [-0.15, -0.1) is 0 Å². The molecule has 4 nitrogen and oxygen atoms in total. The summed E-state index contributed by atoms with van der Waals surface area (Å²) in [6, 6.07) is 3.96. The number of hydrogen-bond donors (Lipinski definition) is 1. The first-order valence-electron chi connectivity index (χ1n) is 8.19. The van der Waals surface area contributed by atoms with Crippen molar-refractivity contribution in [3.8, 4) is 0 Å². The molecule has 21 heavy (non-hydrogen) atoms. The second-order valence-electron chi connectivity index (χ2n) is 6.56. The Balaban J connectivity index is 1.46. The van der Waals surface area contributed by atoms with E-state index >= 15 is 0 Å². The van der Waals surface area contributed by atoms with Crippen molar-refractivity contribution in [3.63, 3.8) is 0 Å². The lowest BCUT2D eigenvalue weighted by molar-refractivity contribution is 0.0811. The molecule has 4 heteroatoms. The first-order valence-corrected chi connectivity index (χ1v) is 8.19. The van der Waals surface area contributed by atoms with Gasteiger partial charge in [-0.2, -0.15) is 0 Å². The van der Waals surface area contributed by atoms with Gasteiger partial charge in [-0.3, -0.25) is 4.98 Å². The highest BCUT2D eigenvalue weighted by Crippen LogP contribution is 2.44. The van der Waals surface area contributed by atoms with Crippen LogP contribution in [0.2, 0.25) is 0 Å². The summed E-state index contributed by atoms with van der Waals surface area (Å²) in [4.78, 5) is 18.2. The number of aromatic nitrogens is 1. The quantitative estimate of drug-likeness (QED) is 0.906. The van der Waals surface area contributed by atoms with Crippen LogP contribution in [0.15, 0.2) is 24.5 Å². The molecule has 0 bridgehead atoms. The van der Waals surface area contributed by atoms with Gasteiger partial charge in [0.25, 0.3) is 0 Å². The number of carbonyl (C=O) groups excluding carboxylic acids is 1. The molecule has 1 saturated heterocycles. The number of amides is 2. The van der Waals surface area contributed by atoms with E-state index in [4.69, 9.17) is 0 Å². The minimum atomic E-state index is 0.0810. The van der Waals surface area contributed by atoms with Crippen LogP contribution < -0.4 is 5.32 Å². The van der Waals surface area contributed by atoms with Crippen molar-refractivity contribution < 1.29 is 4.79 Å². The first kappa shape index (κ1) is 14.4. The molecule has 3 rings (SSSR count). The van der Waals surface area contributed by atoms with Crippen LogP contribution in [0, 0.1) is 5.41 Å². The molecule has 2 amide bonds. The monoisotopic (exact) mass is 287 g/mol. The first-order chi connectivity index (χ1) is 10.3. The van der Waals surface area contributed by atoms with Crippen LogP contribution in [-0.2, 0) is 6.54 Å². The fourth-order valence-corrected chi connectivity index (χ4v) is 3.78. The lowest BCUT2D eigenvalue weighted by atomic mass is 9.68. The van der Waals surface area contributed by atoms with Crippen LogP contribution in [0.5, 0.6) is 0 Å². The van der Waals surface area contributed by atoms with E-state index in [1.807, 2.05) is 17.0 Å². The van der Waals surface area contributed by atoms with Crippen molar-refractivity contribution in [3.05, 3.63) is 30.1 Å². The van der Waals surface area contributed by atoms with E-state index in [1.54, 1.807) is 12.4 Å². The van der Waals surface area contributed by atoms with Crippen LogP contribution in [0.1, 0.15) is 50.5 Å². The molecule has 0 atom stereocenters. The largest absolute Gasteiger partial charge is 0.334 e. The Hall–Kier alpha value is -1.58. The van der Waals surface area contributed by atoms with Gasteiger partial charge >= 0.3 is 6.03 Å². The average molecular weight is 287 g/mol. The second kappa shape index (κ2) is 6.46. The summed E-state index contributed by atoms with van der Waals surface area (Å²) in [5, 5.41) is 3.02. The minimum Gasteiger partial charge on any atom is -0.334 e. The zero-order valence-corrected chi connectivity index (χ0v) is 12.7. The van der Waals surface area contributed by atoms with Crippen LogP contribution >= 0.6 is 0 Å². The number of likely N-dealkylation sites (tertiary alicyclic amines) is 1. The zero-order valence-electron chi connectivity index (χ0n) is 12.7. The van der Waals surface area contributed by atoms with E-state index in [2.05, 4.69) is 10.3 Å². The zero-order chi connectivity index (χ0) is 14.5. The van der Waals surface area contributed by atoms with Crippen molar-refractivity contribution >= 4 is 6.03 Å². The number of carbonyl (C=O) groups is 1. The molecule has 2 heterocycles. The summed E-state index contributed by atoms with van der Waals surface area (Å²) in [5.41, 5.74) is 1.65. The molecule has 1 aliphatic heterocycles. The van der Waals surface area contributed by atoms with Gasteiger partial charge in [-0.05, 0) is 48.8 Å². The average Bonchev–Trinajstić information content (AvgIpc) is 2.55. The van der Waals surface area contributed by atoms with E-state index in [0.717, 1.165) is 18.7 Å². The van der Waals surface area contributed by atoms with Gasteiger partial charge in [0, 0.05) is 32.0 Å². The van der Waals surface area contributed by atoms with E-state index in [0.29, 0.717) is 12.0 Å². The Morgan fingerprint density at radius 1 is 1.10 bits per heavy atom. The Morgan fingerprint density at radius 2 is 1.76 bits per heavy atom. The topological polar surface area (TPSA) is 45.2 Å². The molecule has 1 aromatic rings. The lowest BCUT2D eigenvalue weighted by Gasteiger charge is -2.44. The molecule has 1 aromatic heterocycles. The molecule has 2 fully saturated rings. The Bertz CT molecular complexity index is 458. The summed E-state index contributed by atoms with van der Waals surface area (Å²) in [7, 11) is 0. The van der Waals surface area contributed by atoms with E-state index in [1.165, 1.54) is 44.9 Å². The molecular formula is C17H25N3O. The fourth-order valence-electron chi connectivity index (χ4n) is 3.78. The third-order valence-electron chi connectivity index (χ3n) is 5.22. The molecule has 114 valence electrons. The molecule has 1 spiro atoms. The van der Waals surface area contributed by atoms with Gasteiger partial charge in [0.2, 0.25) is 0 Å². The minimum absolute atomic E-state index is 0.0810. The Labute approximate surface area is 126 Å². The SMILES string of the molecule is O=C(NCc1ccncc1)N1CCC2(CCCCC2)CC1. The van der Waals surface area contributed by atoms with Gasteiger partial charge in [-0.1, -0.05) is 19.3 Å². The van der Waals surface area contributed by atoms with Crippen molar-refractivity contribution in [1.29, 1.82) is 0 Å². The van der Waals surface area contributed by atoms with Gasteiger partial charge in [0.1, 0.15) is 0 Å². The molecule has 0 radical (unpaired) electrons. The maximum absolute atomic E-state index is 12.2. The van der Waals surface area contributed by atoms with Crippen molar-refractivity contribution in [2.45, 2.75) is 51.5 Å². The number of urea groups is 1. The lowest BCUT2D eigenvalue weighted by Crippen LogP contribution is -2.47. The van der Waals surface area contributed by atoms with Crippen LogP contribution in [0.4, 0.5) is 4.79 Å². The molecule has 1 aliphatic carbocycles. The van der Waals surface area contributed by atoms with Gasteiger partial charge in [0.05, 0.1) is 0 Å². The number of rotatable bonds is 2. The van der Waals surface area contributed by atoms with Gasteiger partial charge in [-0.25, -0.2) is 4.79 Å². The van der Waals surface area contributed by atoms with Crippen molar-refractivity contribution in [1.82, 2.24) is 15.2 Å². The third-order valence-corrected chi connectivity index (χ3v) is 5.22. The smallest absolute Gasteiger partial charge is 0.317 e. The normalized spacial score (nSPS) is 21.2. The number of hydrogen-bond acceptors (Lipinski definition) is 2. The summed E-state index contributed by atoms with van der Waals surface area (Å²) >= 11 is 0. The Kier molecular flexibility index (Phi) is 4.42. The summed E-state index contributed by atoms with van der Waals surface area (Å²) in [6.07, 6.45) is 12.8. The summed E-state index contributed by atoms with van der Waals surface area (Å²) in [5.74, 6) is 0. The molecular weight excluding hydrogens is 262 g/mol. The molecule has 1 saturated carbocycles. The highest BCUT2D eigenvalue weighted by atomic mass is 16.2.